The van der Waals surface area contributed by atoms with Gasteiger partial charge in [-0.1, -0.05) is 25.0 Å². The van der Waals surface area contributed by atoms with E-state index in [1.807, 2.05) is 18.3 Å². The van der Waals surface area contributed by atoms with Crippen molar-refractivity contribution < 1.29 is 14.4 Å². The van der Waals surface area contributed by atoms with Gasteiger partial charge in [-0.15, -0.1) is 0 Å². The molecule has 3 amide bonds. The second kappa shape index (κ2) is 13.4. The van der Waals surface area contributed by atoms with E-state index in [4.69, 9.17) is 9.97 Å². The fraction of sp³-hybridized carbons (Fsp3) is 0.487. The molecule has 3 aliphatic heterocycles. The van der Waals surface area contributed by atoms with Gasteiger partial charge in [0.1, 0.15) is 17.2 Å². The molecule has 1 aliphatic carbocycles. The van der Waals surface area contributed by atoms with Gasteiger partial charge in [-0.25, -0.2) is 9.97 Å². The molecule has 2 N–H and O–H groups in total. The number of rotatable bonds is 8. The van der Waals surface area contributed by atoms with E-state index in [1.54, 1.807) is 25.2 Å². The normalized spacial score (nSPS) is 20.8. The molecule has 3 saturated heterocycles. The Hall–Kier alpha value is -4.84. The number of carbonyl (C=O) groups is 3. The molecule has 1 aromatic carbocycles. The van der Waals surface area contributed by atoms with E-state index in [-0.39, 0.29) is 29.7 Å². The molecule has 51 heavy (non-hydrogen) atoms. The smallest absolute Gasteiger partial charge is 0.270 e. The van der Waals surface area contributed by atoms with Gasteiger partial charge in [0.25, 0.3) is 5.91 Å². The molecule has 1 unspecified atom stereocenters. The van der Waals surface area contributed by atoms with Crippen molar-refractivity contribution in [1.82, 2.24) is 34.6 Å². The predicted octanol–water partition coefficient (Wildman–Crippen LogP) is 5.32. The first kappa shape index (κ1) is 33.3. The van der Waals surface area contributed by atoms with Crippen LogP contribution in [0, 0.1) is 12.3 Å². The zero-order valence-corrected chi connectivity index (χ0v) is 29.8. The molecular weight excluding hydrogens is 642 g/mol. The van der Waals surface area contributed by atoms with Crippen LogP contribution in [-0.4, -0.2) is 87.3 Å². The van der Waals surface area contributed by atoms with Gasteiger partial charge in [-0.3, -0.25) is 24.6 Å². The number of nitrogens with zero attached hydrogens (tertiary/aromatic N) is 7. The summed E-state index contributed by atoms with van der Waals surface area (Å²) >= 11 is 0. The van der Waals surface area contributed by atoms with E-state index in [9.17, 15) is 14.4 Å². The molecule has 8 rings (SSSR count). The lowest BCUT2D eigenvalue weighted by molar-refractivity contribution is -0.134. The van der Waals surface area contributed by atoms with E-state index in [1.165, 1.54) is 11.3 Å². The quantitative estimate of drug-likeness (QED) is 0.236. The van der Waals surface area contributed by atoms with Crippen molar-refractivity contribution in [2.45, 2.75) is 76.8 Å². The Morgan fingerprint density at radius 3 is 2.47 bits per heavy atom. The van der Waals surface area contributed by atoms with Crippen LogP contribution in [0.1, 0.15) is 90.5 Å². The van der Waals surface area contributed by atoms with Gasteiger partial charge < -0.3 is 19.7 Å². The Balaban J connectivity index is 0.852. The van der Waals surface area contributed by atoms with E-state index in [0.717, 1.165) is 93.4 Å². The predicted molar refractivity (Wildman–Crippen MR) is 196 cm³/mol. The summed E-state index contributed by atoms with van der Waals surface area (Å²) < 4.78 is 2.13. The number of nitrogens with one attached hydrogen (secondary N) is 2. The van der Waals surface area contributed by atoms with Crippen molar-refractivity contribution in [2.24, 2.45) is 5.41 Å². The first-order valence-corrected chi connectivity index (χ1v) is 18.4. The highest BCUT2D eigenvalue weighted by molar-refractivity contribution is 6.01. The second-order valence-electron chi connectivity index (χ2n) is 15.4. The van der Waals surface area contributed by atoms with E-state index < -0.39 is 0 Å². The third kappa shape index (κ3) is 6.57. The average Bonchev–Trinajstić information content (AvgIpc) is 3.77. The molecule has 1 spiro atoms. The number of aromatic nitrogens is 4. The monoisotopic (exact) mass is 689 g/mol. The van der Waals surface area contributed by atoms with Crippen LogP contribution in [0.3, 0.4) is 0 Å². The number of fused-ring (bicyclic) bond motifs is 1. The van der Waals surface area contributed by atoms with Crippen molar-refractivity contribution in [2.75, 3.05) is 50.5 Å². The first-order chi connectivity index (χ1) is 24.6. The number of hydrogen-bond acceptors (Lipinski definition) is 9. The molecule has 4 aliphatic rings. The topological polar surface area (TPSA) is 129 Å². The molecule has 12 nitrogen and oxygen atoms in total. The number of imide groups is 1. The number of pyridine rings is 1. The number of piperidine rings is 2. The van der Waals surface area contributed by atoms with Crippen LogP contribution in [0.25, 0.3) is 11.0 Å². The minimum atomic E-state index is -0.246. The Labute approximate surface area is 298 Å². The van der Waals surface area contributed by atoms with Gasteiger partial charge in [-0.2, -0.15) is 4.98 Å². The van der Waals surface area contributed by atoms with Gasteiger partial charge in [0.2, 0.25) is 17.8 Å². The third-order valence-corrected chi connectivity index (χ3v) is 11.5. The Bertz CT molecular complexity index is 1970. The van der Waals surface area contributed by atoms with Crippen LogP contribution in [0.4, 0.5) is 17.5 Å². The molecule has 266 valence electrons. The number of hydrogen-bond donors (Lipinski definition) is 2. The number of carbonyl (C=O) groups excluding carboxylic acids is 3. The number of likely N-dealkylation sites (tertiary alicyclic amines) is 1. The van der Waals surface area contributed by atoms with Gasteiger partial charge in [-0.05, 0) is 85.4 Å². The first-order valence-electron chi connectivity index (χ1n) is 18.4. The maximum absolute atomic E-state index is 13.0. The Kier molecular flexibility index (Phi) is 8.73. The third-order valence-electron chi connectivity index (χ3n) is 11.5. The fourth-order valence-corrected chi connectivity index (χ4v) is 8.77. The van der Waals surface area contributed by atoms with Gasteiger partial charge in [0.05, 0.1) is 5.92 Å². The minimum absolute atomic E-state index is 0.0176. The summed E-state index contributed by atoms with van der Waals surface area (Å²) in [5.41, 5.74) is 6.36. The van der Waals surface area contributed by atoms with Crippen molar-refractivity contribution >= 4 is 46.2 Å². The largest absolute Gasteiger partial charge is 0.371 e. The number of amides is 3. The number of anilines is 3. The summed E-state index contributed by atoms with van der Waals surface area (Å²) in [6.45, 7) is 7.20. The molecule has 1 saturated carbocycles. The van der Waals surface area contributed by atoms with Crippen LogP contribution < -0.4 is 15.5 Å². The van der Waals surface area contributed by atoms with Gasteiger partial charge in [0, 0.05) is 82.7 Å². The van der Waals surface area contributed by atoms with E-state index in [2.05, 4.69) is 61.2 Å². The van der Waals surface area contributed by atoms with Crippen molar-refractivity contribution in [1.29, 1.82) is 0 Å². The lowest BCUT2D eigenvalue weighted by atomic mass is 9.71. The molecule has 1 atom stereocenters. The van der Waals surface area contributed by atoms with Crippen LogP contribution in [0.15, 0.2) is 48.8 Å². The average molecular weight is 690 g/mol. The lowest BCUT2D eigenvalue weighted by Crippen LogP contribution is -2.59. The number of benzene rings is 1. The second-order valence-corrected chi connectivity index (χ2v) is 15.4. The molecule has 6 heterocycles. The summed E-state index contributed by atoms with van der Waals surface area (Å²) in [5.74, 6) is 0.546. The summed E-state index contributed by atoms with van der Waals surface area (Å²) in [4.78, 5) is 57.8. The highest BCUT2D eigenvalue weighted by Gasteiger charge is 2.44. The lowest BCUT2D eigenvalue weighted by Gasteiger charge is -2.54. The molecule has 4 aromatic rings. The zero-order chi connectivity index (χ0) is 35.3. The summed E-state index contributed by atoms with van der Waals surface area (Å²) in [6, 6.07) is 12.7. The number of aryl methyl sites for hydroxylation is 1. The maximum Gasteiger partial charge on any atom is 0.270 e. The molecule has 0 bridgehead atoms. The van der Waals surface area contributed by atoms with E-state index >= 15 is 0 Å². The van der Waals surface area contributed by atoms with Gasteiger partial charge in [0.15, 0.2) is 0 Å². The maximum atomic E-state index is 13.0. The molecular formula is C39H47N9O3. The van der Waals surface area contributed by atoms with Gasteiger partial charge >= 0.3 is 0 Å². The van der Waals surface area contributed by atoms with Crippen molar-refractivity contribution in [3.05, 3.63) is 71.2 Å². The Morgan fingerprint density at radius 2 is 1.78 bits per heavy atom. The standard InChI is InChI=1S/C39H47N9O3/c1-25-18-29(9-10-30(25)31-11-13-34(49)43-36(31)50)47-16-14-39(15-17-47)23-46(24-39)22-26-8-12-33(40-20-26)42-38-41-21-27-19-32(37(51)45(2)3)48(35(27)44-38)28-6-4-5-7-28/h8-10,12,18-21,28,31H,4-7,11,13-17,22-24H2,1-3H3,(H,43,49,50)(H,40,41,42,44). The van der Waals surface area contributed by atoms with Crippen molar-refractivity contribution in [3.8, 4) is 0 Å². The molecule has 3 aromatic heterocycles. The fourth-order valence-electron chi connectivity index (χ4n) is 8.77. The molecule has 4 fully saturated rings. The molecule has 12 heteroatoms. The zero-order valence-electron chi connectivity index (χ0n) is 29.8. The highest BCUT2D eigenvalue weighted by atomic mass is 16.2. The Morgan fingerprint density at radius 1 is 1.00 bits per heavy atom. The summed E-state index contributed by atoms with van der Waals surface area (Å²) in [6.07, 6.45) is 11.5. The highest BCUT2D eigenvalue weighted by Crippen LogP contribution is 2.42. The van der Waals surface area contributed by atoms with Crippen LogP contribution in [-0.2, 0) is 16.1 Å². The van der Waals surface area contributed by atoms with Crippen LogP contribution >= 0.6 is 0 Å². The van der Waals surface area contributed by atoms with E-state index in [0.29, 0.717) is 35.7 Å². The SMILES string of the molecule is Cc1cc(N2CCC3(CC2)CN(Cc2ccc(Nc4ncc5cc(C(=O)N(C)C)n(C6CCCC6)c5n4)nc2)C3)ccc1C1CCC(=O)NC1=O. The minimum Gasteiger partial charge on any atom is -0.371 e. The van der Waals surface area contributed by atoms with Crippen LogP contribution in [0.2, 0.25) is 0 Å². The summed E-state index contributed by atoms with van der Waals surface area (Å²) in [7, 11) is 3.57. The summed E-state index contributed by atoms with van der Waals surface area (Å²) in [5, 5.41) is 6.65. The van der Waals surface area contributed by atoms with Crippen LogP contribution in [0.5, 0.6) is 0 Å². The van der Waals surface area contributed by atoms with Crippen molar-refractivity contribution in [3.63, 3.8) is 0 Å². The molecule has 0 radical (unpaired) electrons.